The van der Waals surface area contributed by atoms with Crippen LogP contribution in [0.15, 0.2) is 34.2 Å². The first kappa shape index (κ1) is 17.5. The molecule has 0 radical (unpaired) electrons. The summed E-state index contributed by atoms with van der Waals surface area (Å²) in [7, 11) is 1.60. The zero-order chi connectivity index (χ0) is 18.7. The largest absolute Gasteiger partial charge is 0.497 e. The number of ether oxygens (including phenoxy) is 2. The highest BCUT2D eigenvalue weighted by atomic mass is 16.5. The number of nitrogens with two attached hydrogens (primary N) is 1. The lowest BCUT2D eigenvalue weighted by molar-refractivity contribution is 0.102. The molecule has 26 heavy (non-hydrogen) atoms. The molecule has 10 heteroatoms. The quantitative estimate of drug-likeness (QED) is 0.636. The van der Waals surface area contributed by atoms with Crippen molar-refractivity contribution in [2.75, 3.05) is 12.8 Å². The SMILES string of the molecule is CCn1c(=O)c(N=O)c(N)n2nc(COCc3ccc(OC)cc3)nc12. The number of benzene rings is 1. The van der Waals surface area contributed by atoms with Crippen LogP contribution in [-0.4, -0.2) is 26.3 Å². The monoisotopic (exact) mass is 358 g/mol. The van der Waals surface area contributed by atoms with Gasteiger partial charge in [0.25, 0.3) is 5.56 Å². The fraction of sp³-hybridized carbons (Fsp3) is 0.312. The average Bonchev–Trinajstić information content (AvgIpc) is 3.07. The summed E-state index contributed by atoms with van der Waals surface area (Å²) in [5.74, 6) is 1.21. The third-order valence-electron chi connectivity index (χ3n) is 3.86. The lowest BCUT2D eigenvalue weighted by Gasteiger charge is -2.06. The second kappa shape index (κ2) is 7.31. The predicted molar refractivity (Wildman–Crippen MR) is 94.3 cm³/mol. The van der Waals surface area contributed by atoms with E-state index < -0.39 is 5.56 Å². The molecule has 0 atom stereocenters. The molecule has 0 saturated heterocycles. The summed E-state index contributed by atoms with van der Waals surface area (Å²) >= 11 is 0. The average molecular weight is 358 g/mol. The molecule has 0 saturated carbocycles. The Morgan fingerprint density at radius 2 is 1.96 bits per heavy atom. The molecular formula is C16H18N6O4. The second-order valence-electron chi connectivity index (χ2n) is 5.46. The number of aromatic nitrogens is 4. The summed E-state index contributed by atoms with van der Waals surface area (Å²) in [6, 6.07) is 7.47. The lowest BCUT2D eigenvalue weighted by atomic mass is 10.2. The number of anilines is 1. The molecule has 0 bridgehead atoms. The minimum absolute atomic E-state index is 0.120. The first-order valence-electron chi connectivity index (χ1n) is 7.91. The Hall–Kier alpha value is -3.27. The number of hydrogen-bond donors (Lipinski definition) is 1. The zero-order valence-corrected chi connectivity index (χ0v) is 14.4. The maximum atomic E-state index is 12.2. The van der Waals surface area contributed by atoms with Gasteiger partial charge in [0.1, 0.15) is 12.4 Å². The third-order valence-corrected chi connectivity index (χ3v) is 3.86. The highest BCUT2D eigenvalue weighted by molar-refractivity contribution is 5.60. The Balaban J connectivity index is 1.81. The molecular weight excluding hydrogens is 340 g/mol. The van der Waals surface area contributed by atoms with Crippen molar-refractivity contribution in [2.45, 2.75) is 26.7 Å². The zero-order valence-electron chi connectivity index (χ0n) is 14.4. The van der Waals surface area contributed by atoms with Crippen LogP contribution in [0.2, 0.25) is 0 Å². The Morgan fingerprint density at radius 1 is 1.23 bits per heavy atom. The number of methoxy groups -OCH3 is 1. The molecule has 136 valence electrons. The van der Waals surface area contributed by atoms with Crippen LogP contribution in [0.3, 0.4) is 0 Å². The highest BCUT2D eigenvalue weighted by Crippen LogP contribution is 2.18. The van der Waals surface area contributed by atoms with E-state index in [4.69, 9.17) is 15.2 Å². The summed E-state index contributed by atoms with van der Waals surface area (Å²) in [5.41, 5.74) is 5.81. The van der Waals surface area contributed by atoms with Gasteiger partial charge in [0.2, 0.25) is 11.5 Å². The van der Waals surface area contributed by atoms with Gasteiger partial charge in [-0.05, 0) is 29.8 Å². The Morgan fingerprint density at radius 3 is 2.58 bits per heavy atom. The van der Waals surface area contributed by atoms with Gasteiger partial charge in [-0.2, -0.15) is 9.50 Å². The molecule has 3 aromatic rings. The molecule has 1 aromatic carbocycles. The van der Waals surface area contributed by atoms with Crippen molar-refractivity contribution < 1.29 is 9.47 Å². The predicted octanol–water partition coefficient (Wildman–Crippen LogP) is 1.62. The number of hydrogen-bond acceptors (Lipinski definition) is 8. The van der Waals surface area contributed by atoms with Crippen molar-refractivity contribution in [2.24, 2.45) is 5.18 Å². The van der Waals surface area contributed by atoms with E-state index in [2.05, 4.69) is 15.3 Å². The van der Waals surface area contributed by atoms with Crippen molar-refractivity contribution in [3.63, 3.8) is 0 Å². The van der Waals surface area contributed by atoms with Crippen LogP contribution in [-0.2, 0) is 24.5 Å². The van der Waals surface area contributed by atoms with Gasteiger partial charge in [-0.3, -0.25) is 9.36 Å². The summed E-state index contributed by atoms with van der Waals surface area (Å²) < 4.78 is 13.2. The van der Waals surface area contributed by atoms with E-state index in [0.717, 1.165) is 11.3 Å². The van der Waals surface area contributed by atoms with Crippen LogP contribution in [0.4, 0.5) is 11.5 Å². The lowest BCUT2D eigenvalue weighted by Crippen LogP contribution is -2.23. The fourth-order valence-electron chi connectivity index (χ4n) is 2.52. The molecule has 0 spiro atoms. The molecule has 0 aliphatic rings. The molecule has 0 amide bonds. The number of aryl methyl sites for hydroxylation is 1. The van der Waals surface area contributed by atoms with Gasteiger partial charge in [0.05, 0.1) is 13.7 Å². The van der Waals surface area contributed by atoms with Crippen LogP contribution in [0.25, 0.3) is 5.78 Å². The number of fused-ring (bicyclic) bond motifs is 1. The van der Waals surface area contributed by atoms with E-state index in [9.17, 15) is 9.70 Å². The molecule has 2 aromatic heterocycles. The molecule has 0 aliphatic carbocycles. The van der Waals surface area contributed by atoms with E-state index in [1.165, 1.54) is 9.08 Å². The van der Waals surface area contributed by atoms with Crippen LogP contribution < -0.4 is 16.0 Å². The molecule has 3 rings (SSSR count). The van der Waals surface area contributed by atoms with Crippen molar-refractivity contribution in [3.05, 3.63) is 50.9 Å². The van der Waals surface area contributed by atoms with Gasteiger partial charge in [0.15, 0.2) is 11.6 Å². The number of rotatable bonds is 7. The molecule has 2 heterocycles. The summed E-state index contributed by atoms with van der Waals surface area (Å²) in [6.07, 6.45) is 0. The number of nitrogens with zero attached hydrogens (tertiary/aromatic N) is 5. The summed E-state index contributed by atoms with van der Waals surface area (Å²) in [4.78, 5) is 27.4. The minimum atomic E-state index is -0.592. The topological polar surface area (TPSA) is 126 Å². The summed E-state index contributed by atoms with van der Waals surface area (Å²) in [6.45, 7) is 2.53. The van der Waals surface area contributed by atoms with Gasteiger partial charge in [-0.15, -0.1) is 10.0 Å². The Bertz CT molecular complexity index is 993. The van der Waals surface area contributed by atoms with Gasteiger partial charge in [0, 0.05) is 6.54 Å². The van der Waals surface area contributed by atoms with Crippen LogP contribution in [0.5, 0.6) is 5.75 Å². The van der Waals surface area contributed by atoms with Crippen molar-refractivity contribution in [1.82, 2.24) is 19.2 Å². The molecule has 0 aliphatic heterocycles. The van der Waals surface area contributed by atoms with Crippen molar-refractivity contribution >= 4 is 17.3 Å². The minimum Gasteiger partial charge on any atom is -0.497 e. The van der Waals surface area contributed by atoms with Gasteiger partial charge in [-0.1, -0.05) is 12.1 Å². The van der Waals surface area contributed by atoms with Crippen molar-refractivity contribution in [1.29, 1.82) is 0 Å². The summed E-state index contributed by atoms with van der Waals surface area (Å²) in [5, 5.41) is 6.92. The van der Waals surface area contributed by atoms with Crippen molar-refractivity contribution in [3.8, 4) is 5.75 Å². The van der Waals surface area contributed by atoms with E-state index >= 15 is 0 Å². The first-order chi connectivity index (χ1) is 12.6. The number of nitrogen functional groups attached to an aromatic ring is 1. The van der Waals surface area contributed by atoms with Crippen LogP contribution in [0.1, 0.15) is 18.3 Å². The van der Waals surface area contributed by atoms with E-state index in [1.807, 2.05) is 24.3 Å². The fourth-order valence-corrected chi connectivity index (χ4v) is 2.52. The van der Waals surface area contributed by atoms with E-state index in [-0.39, 0.29) is 23.9 Å². The molecule has 10 nitrogen and oxygen atoms in total. The molecule has 2 N–H and O–H groups in total. The molecule has 0 fully saturated rings. The number of nitroso groups, excluding NO2 is 1. The third kappa shape index (κ3) is 3.14. The maximum Gasteiger partial charge on any atom is 0.286 e. The normalized spacial score (nSPS) is 11.0. The smallest absolute Gasteiger partial charge is 0.286 e. The van der Waals surface area contributed by atoms with Crippen LogP contribution in [0, 0.1) is 4.91 Å². The Kier molecular flexibility index (Phi) is 4.94. The highest BCUT2D eigenvalue weighted by Gasteiger charge is 2.18. The molecule has 0 unspecified atom stereocenters. The first-order valence-corrected chi connectivity index (χ1v) is 7.91. The van der Waals surface area contributed by atoms with Gasteiger partial charge in [-0.25, -0.2) is 0 Å². The Labute approximate surface area is 148 Å². The standard InChI is InChI=1S/C16H18N6O4/c1-3-21-15(23)13(20-24)14(17)22-16(21)18-12(19-22)9-26-8-10-4-6-11(25-2)7-5-10/h4-7H,3,8-9,17H2,1-2H3. The van der Waals surface area contributed by atoms with E-state index in [0.29, 0.717) is 19.0 Å². The van der Waals surface area contributed by atoms with E-state index in [1.54, 1.807) is 14.0 Å². The maximum absolute atomic E-state index is 12.2. The second-order valence-corrected chi connectivity index (χ2v) is 5.46. The van der Waals surface area contributed by atoms with Gasteiger partial charge >= 0.3 is 0 Å². The van der Waals surface area contributed by atoms with Crippen LogP contribution >= 0.6 is 0 Å². The van der Waals surface area contributed by atoms with Gasteiger partial charge < -0.3 is 15.2 Å².